The van der Waals surface area contributed by atoms with Crippen LogP contribution in [0.5, 0.6) is 0 Å². The largest absolute Gasteiger partial charge is 0.398 e. The molecule has 0 amide bonds. The molecule has 0 aromatic carbocycles. The van der Waals surface area contributed by atoms with E-state index >= 15 is 0 Å². The molecule has 17 heavy (non-hydrogen) atoms. The average molecular weight is 280 g/mol. The van der Waals surface area contributed by atoms with Gasteiger partial charge in [0.25, 0.3) is 10.0 Å². The molecule has 0 saturated heterocycles. The molecule has 0 saturated carbocycles. The number of nitrogen functional groups attached to an aromatic ring is 1. The summed E-state index contributed by atoms with van der Waals surface area (Å²) >= 11 is 1.09. The molecule has 0 spiro atoms. The van der Waals surface area contributed by atoms with E-state index in [9.17, 15) is 8.42 Å². The molecule has 0 atom stereocenters. The molecule has 1 aromatic heterocycles. The van der Waals surface area contributed by atoms with Crippen molar-refractivity contribution in [3.8, 4) is 0 Å². The first kappa shape index (κ1) is 14.4. The van der Waals surface area contributed by atoms with Gasteiger partial charge in [0.2, 0.25) is 0 Å². The van der Waals surface area contributed by atoms with Crippen LogP contribution in [-0.4, -0.2) is 51.2 Å². The van der Waals surface area contributed by atoms with E-state index in [1.54, 1.807) is 5.38 Å². The summed E-state index contributed by atoms with van der Waals surface area (Å²) in [6.45, 7) is 0.620. The van der Waals surface area contributed by atoms with Gasteiger partial charge in [-0.25, -0.2) is 8.42 Å². The lowest BCUT2D eigenvalue weighted by molar-refractivity contribution is 0.0877. The number of ether oxygens (including phenoxy) is 1. The number of anilines is 1. The Bertz CT molecular complexity index is 444. The minimum Gasteiger partial charge on any atom is -0.398 e. The number of aliphatic hydroxyl groups excluding tert-OH is 1. The average Bonchev–Trinajstić information content (AvgIpc) is 2.71. The Morgan fingerprint density at radius 2 is 2.24 bits per heavy atom. The summed E-state index contributed by atoms with van der Waals surface area (Å²) in [6, 6.07) is 1.44. The molecule has 0 aliphatic rings. The normalized spacial score (nSPS) is 12.2. The zero-order valence-electron chi connectivity index (χ0n) is 9.50. The van der Waals surface area contributed by atoms with Crippen molar-refractivity contribution in [3.63, 3.8) is 0 Å². The second-order valence-electron chi connectivity index (χ2n) is 3.36. The summed E-state index contributed by atoms with van der Waals surface area (Å²) in [6.07, 6.45) is 0. The molecular formula is C9H16N2O4S2. The van der Waals surface area contributed by atoms with E-state index in [1.165, 1.54) is 17.4 Å². The van der Waals surface area contributed by atoms with Crippen molar-refractivity contribution in [1.82, 2.24) is 4.31 Å². The summed E-state index contributed by atoms with van der Waals surface area (Å²) in [5, 5.41) is 10.1. The Hall–Kier alpha value is -0.670. The lowest BCUT2D eigenvalue weighted by atomic mass is 10.6. The summed E-state index contributed by atoms with van der Waals surface area (Å²) in [5.74, 6) is 0. The van der Waals surface area contributed by atoms with Gasteiger partial charge in [0, 0.05) is 24.7 Å². The minimum atomic E-state index is -3.48. The molecular weight excluding hydrogens is 264 g/mol. The Balaban J connectivity index is 2.58. The summed E-state index contributed by atoms with van der Waals surface area (Å²) in [5.41, 5.74) is 5.93. The van der Waals surface area contributed by atoms with E-state index in [4.69, 9.17) is 15.6 Å². The van der Waals surface area contributed by atoms with Crippen LogP contribution in [0.25, 0.3) is 0 Å². The van der Waals surface area contributed by atoms with Gasteiger partial charge in [0.1, 0.15) is 4.21 Å². The van der Waals surface area contributed by atoms with Crippen LogP contribution in [0.4, 0.5) is 5.69 Å². The fourth-order valence-corrected chi connectivity index (χ4v) is 3.54. The third-order valence-electron chi connectivity index (χ3n) is 2.05. The SMILES string of the molecule is CN(CCOCCO)S(=O)(=O)c1cc(N)cs1. The van der Waals surface area contributed by atoms with Crippen LogP contribution in [0.15, 0.2) is 15.7 Å². The number of aliphatic hydroxyl groups is 1. The first-order valence-electron chi connectivity index (χ1n) is 4.97. The Labute approximate surface area is 105 Å². The van der Waals surface area contributed by atoms with Gasteiger partial charge in [-0.3, -0.25) is 0 Å². The number of thiophene rings is 1. The highest BCUT2D eigenvalue weighted by Gasteiger charge is 2.22. The first-order valence-corrected chi connectivity index (χ1v) is 7.29. The Kier molecular flexibility index (Phi) is 5.34. The van der Waals surface area contributed by atoms with Gasteiger partial charge in [0.05, 0.1) is 19.8 Å². The lowest BCUT2D eigenvalue weighted by Gasteiger charge is -2.15. The number of sulfonamides is 1. The topological polar surface area (TPSA) is 92.9 Å². The van der Waals surface area contributed by atoms with Crippen LogP contribution < -0.4 is 5.73 Å². The quantitative estimate of drug-likeness (QED) is 0.684. The zero-order chi connectivity index (χ0) is 12.9. The van der Waals surface area contributed by atoms with E-state index in [0.29, 0.717) is 5.69 Å². The van der Waals surface area contributed by atoms with Crippen molar-refractivity contribution in [1.29, 1.82) is 0 Å². The number of nitrogens with two attached hydrogens (primary N) is 1. The molecule has 1 aromatic rings. The summed E-state index contributed by atoms with van der Waals surface area (Å²) < 4.78 is 30.4. The third kappa shape index (κ3) is 3.93. The standard InChI is InChI=1S/C9H16N2O4S2/c1-11(2-4-15-5-3-12)17(13,14)9-6-8(10)7-16-9/h6-7,12H,2-5,10H2,1H3. The maximum absolute atomic E-state index is 12.0. The Morgan fingerprint density at radius 3 is 2.76 bits per heavy atom. The van der Waals surface area contributed by atoms with Gasteiger partial charge in [-0.2, -0.15) is 4.31 Å². The van der Waals surface area contributed by atoms with Crippen molar-refractivity contribution in [2.24, 2.45) is 0 Å². The minimum absolute atomic E-state index is 0.0715. The van der Waals surface area contributed by atoms with Gasteiger partial charge in [-0.15, -0.1) is 11.3 Å². The van der Waals surface area contributed by atoms with Crippen molar-refractivity contribution < 1.29 is 18.3 Å². The number of hydrogen-bond donors (Lipinski definition) is 2. The summed E-state index contributed by atoms with van der Waals surface area (Å²) in [4.78, 5) is 0. The van der Waals surface area contributed by atoms with Gasteiger partial charge < -0.3 is 15.6 Å². The van der Waals surface area contributed by atoms with Gasteiger partial charge in [-0.1, -0.05) is 0 Å². The van der Waals surface area contributed by atoms with Crippen LogP contribution >= 0.6 is 11.3 Å². The van der Waals surface area contributed by atoms with Crippen molar-refractivity contribution in [2.75, 3.05) is 39.1 Å². The van der Waals surface area contributed by atoms with E-state index < -0.39 is 10.0 Å². The maximum Gasteiger partial charge on any atom is 0.252 e. The molecule has 0 radical (unpaired) electrons. The highest BCUT2D eigenvalue weighted by atomic mass is 32.2. The highest BCUT2D eigenvalue weighted by Crippen LogP contribution is 2.24. The van der Waals surface area contributed by atoms with E-state index in [2.05, 4.69) is 0 Å². The monoisotopic (exact) mass is 280 g/mol. The third-order valence-corrected chi connectivity index (χ3v) is 5.34. The molecule has 0 bridgehead atoms. The van der Waals surface area contributed by atoms with Crippen molar-refractivity contribution in [3.05, 3.63) is 11.4 Å². The van der Waals surface area contributed by atoms with Crippen LogP contribution in [-0.2, 0) is 14.8 Å². The molecule has 8 heteroatoms. The Morgan fingerprint density at radius 1 is 1.53 bits per heavy atom. The maximum atomic E-state index is 12.0. The molecule has 6 nitrogen and oxygen atoms in total. The number of hydrogen-bond acceptors (Lipinski definition) is 6. The van der Waals surface area contributed by atoms with E-state index in [0.717, 1.165) is 11.3 Å². The van der Waals surface area contributed by atoms with Crippen LogP contribution in [0.3, 0.4) is 0 Å². The van der Waals surface area contributed by atoms with E-state index in [1.807, 2.05) is 0 Å². The number of rotatable bonds is 7. The van der Waals surface area contributed by atoms with Crippen LogP contribution in [0.1, 0.15) is 0 Å². The van der Waals surface area contributed by atoms with Gasteiger partial charge >= 0.3 is 0 Å². The fraction of sp³-hybridized carbons (Fsp3) is 0.556. The molecule has 3 N–H and O–H groups in total. The second-order valence-corrected chi connectivity index (χ2v) is 6.54. The fourth-order valence-electron chi connectivity index (χ4n) is 1.10. The molecule has 0 fully saturated rings. The first-order chi connectivity index (χ1) is 7.98. The lowest BCUT2D eigenvalue weighted by Crippen LogP contribution is -2.30. The predicted octanol–water partition coefficient (Wildman–Crippen LogP) is -0.0403. The predicted molar refractivity (Wildman–Crippen MR) is 66.5 cm³/mol. The van der Waals surface area contributed by atoms with E-state index in [-0.39, 0.29) is 30.6 Å². The molecule has 98 valence electrons. The second kappa shape index (κ2) is 6.31. The molecule has 1 heterocycles. The van der Waals surface area contributed by atoms with Crippen molar-refractivity contribution >= 4 is 27.0 Å². The smallest absolute Gasteiger partial charge is 0.252 e. The van der Waals surface area contributed by atoms with Crippen molar-refractivity contribution in [2.45, 2.75) is 4.21 Å². The molecule has 0 unspecified atom stereocenters. The zero-order valence-corrected chi connectivity index (χ0v) is 11.1. The number of likely N-dealkylation sites (N-methyl/N-ethyl adjacent to an activating group) is 1. The molecule has 0 aliphatic carbocycles. The highest BCUT2D eigenvalue weighted by molar-refractivity contribution is 7.91. The van der Waals surface area contributed by atoms with Crippen LogP contribution in [0, 0.1) is 0 Å². The molecule has 1 rings (SSSR count). The summed E-state index contributed by atoms with van der Waals surface area (Å²) in [7, 11) is -2.00. The molecule has 0 aliphatic heterocycles. The van der Waals surface area contributed by atoms with Crippen LogP contribution in [0.2, 0.25) is 0 Å². The number of nitrogens with zero attached hydrogens (tertiary/aromatic N) is 1. The van der Waals surface area contributed by atoms with Gasteiger partial charge in [0.15, 0.2) is 0 Å². The van der Waals surface area contributed by atoms with Gasteiger partial charge in [-0.05, 0) is 6.07 Å².